The van der Waals surface area contributed by atoms with E-state index in [0.29, 0.717) is 0 Å². The first-order valence-corrected chi connectivity index (χ1v) is 6.34. The van der Waals surface area contributed by atoms with Gasteiger partial charge < -0.3 is 5.32 Å². The Morgan fingerprint density at radius 1 is 0.778 bits per heavy atom. The van der Waals surface area contributed by atoms with Crippen molar-refractivity contribution < 1.29 is 4.39 Å². The smallest absolute Gasteiger partial charge is 0.123 e. The van der Waals surface area contributed by atoms with E-state index in [0.717, 1.165) is 31.5 Å². The minimum absolute atomic E-state index is 0.156. The maximum Gasteiger partial charge on any atom is 0.123 e. The maximum atomic E-state index is 12.9. The van der Waals surface area contributed by atoms with Crippen LogP contribution in [0.4, 0.5) is 4.39 Å². The second-order valence-corrected chi connectivity index (χ2v) is 4.37. The zero-order valence-corrected chi connectivity index (χ0v) is 10.4. The molecule has 0 aliphatic rings. The average molecular weight is 243 g/mol. The fourth-order valence-corrected chi connectivity index (χ4v) is 1.93. The molecule has 0 fully saturated rings. The molecule has 0 aromatic heterocycles. The van der Waals surface area contributed by atoms with Crippen molar-refractivity contribution in [3.63, 3.8) is 0 Å². The summed E-state index contributed by atoms with van der Waals surface area (Å²) in [7, 11) is 0. The Balaban J connectivity index is 1.65. The minimum Gasteiger partial charge on any atom is -0.316 e. The molecule has 0 aliphatic heterocycles. The van der Waals surface area contributed by atoms with Crippen molar-refractivity contribution >= 4 is 0 Å². The quantitative estimate of drug-likeness (QED) is 0.768. The summed E-state index contributed by atoms with van der Waals surface area (Å²) in [5.74, 6) is -0.156. The summed E-state index contributed by atoms with van der Waals surface area (Å²) in [6, 6.07) is 17.2. The molecule has 0 heterocycles. The molecule has 2 heteroatoms. The molecule has 0 aliphatic carbocycles. The second kappa shape index (κ2) is 6.92. The highest BCUT2D eigenvalue weighted by Gasteiger charge is 1.95. The van der Waals surface area contributed by atoms with Gasteiger partial charge >= 0.3 is 0 Å². The lowest BCUT2D eigenvalue weighted by Gasteiger charge is -2.05. The lowest BCUT2D eigenvalue weighted by molar-refractivity contribution is 0.622. The van der Waals surface area contributed by atoms with Gasteiger partial charge in [-0.1, -0.05) is 42.5 Å². The van der Waals surface area contributed by atoms with E-state index in [2.05, 4.69) is 29.6 Å². The van der Waals surface area contributed by atoms with Gasteiger partial charge in [0.15, 0.2) is 0 Å². The molecule has 0 atom stereocenters. The predicted octanol–water partition coefficient (Wildman–Crippen LogP) is 3.20. The Morgan fingerprint density at radius 2 is 1.44 bits per heavy atom. The van der Waals surface area contributed by atoms with Gasteiger partial charge in [-0.15, -0.1) is 0 Å². The molecule has 18 heavy (non-hydrogen) atoms. The normalized spacial score (nSPS) is 10.5. The summed E-state index contributed by atoms with van der Waals surface area (Å²) in [4.78, 5) is 0. The highest BCUT2D eigenvalue weighted by molar-refractivity contribution is 5.17. The fourth-order valence-electron chi connectivity index (χ4n) is 1.93. The van der Waals surface area contributed by atoms with Gasteiger partial charge in [0, 0.05) is 0 Å². The summed E-state index contributed by atoms with van der Waals surface area (Å²) >= 11 is 0. The van der Waals surface area contributed by atoms with Crippen molar-refractivity contribution in [2.24, 2.45) is 0 Å². The molecule has 0 saturated heterocycles. The number of rotatable bonds is 6. The number of hydrogen-bond acceptors (Lipinski definition) is 1. The number of nitrogens with one attached hydrogen (secondary N) is 1. The average Bonchev–Trinajstić information content (AvgIpc) is 2.40. The largest absolute Gasteiger partial charge is 0.316 e. The Morgan fingerprint density at radius 3 is 2.17 bits per heavy atom. The van der Waals surface area contributed by atoms with Gasteiger partial charge in [0.25, 0.3) is 0 Å². The highest BCUT2D eigenvalue weighted by Crippen LogP contribution is 2.03. The molecule has 2 aromatic rings. The third kappa shape index (κ3) is 4.30. The van der Waals surface area contributed by atoms with E-state index < -0.39 is 0 Å². The van der Waals surface area contributed by atoms with Crippen molar-refractivity contribution in [3.8, 4) is 0 Å². The van der Waals surface area contributed by atoms with Crippen molar-refractivity contribution in [1.29, 1.82) is 0 Å². The Bertz CT molecular complexity index is 468. The van der Waals surface area contributed by atoms with Crippen LogP contribution in [0.1, 0.15) is 11.1 Å². The molecule has 94 valence electrons. The van der Waals surface area contributed by atoms with Gasteiger partial charge in [-0.2, -0.15) is 0 Å². The first-order chi connectivity index (χ1) is 8.84. The van der Waals surface area contributed by atoms with Crippen molar-refractivity contribution in [3.05, 3.63) is 71.5 Å². The van der Waals surface area contributed by atoms with Crippen LogP contribution in [0.5, 0.6) is 0 Å². The molecular weight excluding hydrogens is 225 g/mol. The highest BCUT2D eigenvalue weighted by atomic mass is 19.1. The third-order valence-electron chi connectivity index (χ3n) is 2.91. The molecule has 0 amide bonds. The second-order valence-electron chi connectivity index (χ2n) is 4.37. The van der Waals surface area contributed by atoms with Crippen LogP contribution in [-0.2, 0) is 12.8 Å². The fraction of sp³-hybridized carbons (Fsp3) is 0.250. The standard InChI is InChI=1S/C16H18FN/c17-16-8-4-7-15(13-16)10-12-18-11-9-14-5-2-1-3-6-14/h1-8,13,18H,9-12H2. The van der Waals surface area contributed by atoms with Crippen LogP contribution in [0, 0.1) is 5.82 Å². The van der Waals surface area contributed by atoms with Crippen LogP contribution in [-0.4, -0.2) is 13.1 Å². The number of benzene rings is 2. The Hall–Kier alpha value is -1.67. The topological polar surface area (TPSA) is 12.0 Å². The van der Waals surface area contributed by atoms with Crippen LogP contribution < -0.4 is 5.32 Å². The molecule has 1 N–H and O–H groups in total. The van der Waals surface area contributed by atoms with E-state index in [1.54, 1.807) is 12.1 Å². The summed E-state index contributed by atoms with van der Waals surface area (Å²) < 4.78 is 12.9. The van der Waals surface area contributed by atoms with Gasteiger partial charge in [-0.25, -0.2) is 4.39 Å². The minimum atomic E-state index is -0.156. The van der Waals surface area contributed by atoms with Gasteiger partial charge in [0.2, 0.25) is 0 Å². The zero-order valence-electron chi connectivity index (χ0n) is 10.4. The molecule has 0 unspecified atom stereocenters. The van der Waals surface area contributed by atoms with Crippen LogP contribution in [0.2, 0.25) is 0 Å². The molecule has 1 nitrogen and oxygen atoms in total. The lowest BCUT2D eigenvalue weighted by Crippen LogP contribution is -2.20. The van der Waals surface area contributed by atoms with E-state index >= 15 is 0 Å². The first kappa shape index (κ1) is 12.8. The van der Waals surface area contributed by atoms with Crippen LogP contribution >= 0.6 is 0 Å². The van der Waals surface area contributed by atoms with Gasteiger partial charge in [0.05, 0.1) is 0 Å². The molecular formula is C16H18FN. The van der Waals surface area contributed by atoms with E-state index in [1.165, 1.54) is 11.6 Å². The molecule has 0 bridgehead atoms. The first-order valence-electron chi connectivity index (χ1n) is 6.34. The van der Waals surface area contributed by atoms with Gasteiger partial charge in [-0.3, -0.25) is 0 Å². The summed E-state index contributed by atoms with van der Waals surface area (Å²) in [6.07, 6.45) is 1.90. The van der Waals surface area contributed by atoms with Crippen LogP contribution in [0.3, 0.4) is 0 Å². The molecule has 2 aromatic carbocycles. The van der Waals surface area contributed by atoms with E-state index in [9.17, 15) is 4.39 Å². The number of halogens is 1. The maximum absolute atomic E-state index is 12.9. The van der Waals surface area contributed by atoms with Crippen molar-refractivity contribution in [2.75, 3.05) is 13.1 Å². The number of hydrogen-bond donors (Lipinski definition) is 1. The summed E-state index contributed by atoms with van der Waals surface area (Å²) in [5.41, 5.74) is 2.39. The van der Waals surface area contributed by atoms with Crippen LogP contribution in [0.15, 0.2) is 54.6 Å². The van der Waals surface area contributed by atoms with Gasteiger partial charge in [-0.05, 0) is 49.2 Å². The van der Waals surface area contributed by atoms with E-state index in [4.69, 9.17) is 0 Å². The molecule has 2 rings (SSSR count). The summed E-state index contributed by atoms with van der Waals surface area (Å²) in [6.45, 7) is 1.84. The SMILES string of the molecule is Fc1cccc(CCNCCc2ccccc2)c1. The summed E-state index contributed by atoms with van der Waals surface area (Å²) in [5, 5.41) is 3.38. The van der Waals surface area contributed by atoms with E-state index in [1.807, 2.05) is 12.1 Å². The monoisotopic (exact) mass is 243 g/mol. The molecule has 0 saturated carbocycles. The van der Waals surface area contributed by atoms with Crippen molar-refractivity contribution in [1.82, 2.24) is 5.32 Å². The lowest BCUT2D eigenvalue weighted by atomic mass is 10.1. The Kier molecular flexibility index (Phi) is 4.91. The van der Waals surface area contributed by atoms with Crippen LogP contribution in [0.25, 0.3) is 0 Å². The van der Waals surface area contributed by atoms with E-state index in [-0.39, 0.29) is 5.82 Å². The molecule has 0 radical (unpaired) electrons. The van der Waals surface area contributed by atoms with Crippen molar-refractivity contribution in [2.45, 2.75) is 12.8 Å². The Labute approximate surface area is 108 Å². The van der Waals surface area contributed by atoms with Gasteiger partial charge in [0.1, 0.15) is 5.82 Å². The predicted molar refractivity (Wildman–Crippen MR) is 73.1 cm³/mol. The zero-order chi connectivity index (χ0) is 12.6. The third-order valence-corrected chi connectivity index (χ3v) is 2.91. The molecule has 0 spiro atoms.